The van der Waals surface area contributed by atoms with Gasteiger partial charge in [-0.2, -0.15) is 8.42 Å². The Morgan fingerprint density at radius 2 is 1.84 bits per heavy atom. The van der Waals surface area contributed by atoms with E-state index in [1.807, 2.05) is 4.90 Å². The van der Waals surface area contributed by atoms with Gasteiger partial charge in [0.25, 0.3) is 10.1 Å². The molecule has 1 saturated carbocycles. The fourth-order valence-corrected chi connectivity index (χ4v) is 7.27. The van der Waals surface area contributed by atoms with Crippen LogP contribution in [0.25, 0.3) is 0 Å². The van der Waals surface area contributed by atoms with Crippen LogP contribution in [0.4, 0.5) is 0 Å². The molecular weight excluding hydrogens is 498 g/mol. The third-order valence-electron chi connectivity index (χ3n) is 7.86. The summed E-state index contributed by atoms with van der Waals surface area (Å²) < 4.78 is 37.9. The average Bonchev–Trinajstić information content (AvgIpc) is 3.15. The number of rotatable bonds is 7. The molecule has 2 saturated heterocycles. The molecule has 4 atom stereocenters. The lowest BCUT2D eigenvalue weighted by Crippen LogP contribution is -2.48. The Morgan fingerprint density at radius 1 is 1.19 bits per heavy atom. The summed E-state index contributed by atoms with van der Waals surface area (Å²) in [5.41, 5.74) is -0.228. The fraction of sp³-hybridized carbons (Fsp3) is 0.682. The van der Waals surface area contributed by atoms with Gasteiger partial charge in [0.1, 0.15) is 0 Å². The van der Waals surface area contributed by atoms with Crippen LogP contribution in [-0.2, 0) is 23.5 Å². The number of hydrogen-bond acceptors (Lipinski definition) is 5. The number of carbonyl (C=O) groups excluding carboxylic acids is 1. The first kappa shape index (κ1) is 23.4. The van der Waals surface area contributed by atoms with Crippen LogP contribution in [0.2, 0.25) is 18.1 Å². The van der Waals surface area contributed by atoms with Gasteiger partial charge in [0.05, 0.1) is 29.7 Å². The maximum absolute atomic E-state index is 12.9. The summed E-state index contributed by atoms with van der Waals surface area (Å²) in [4.78, 5) is 15.1. The molecule has 3 fully saturated rings. The molecule has 0 bridgehead atoms. The van der Waals surface area contributed by atoms with Gasteiger partial charge in [0.15, 0.2) is 8.32 Å². The summed E-state index contributed by atoms with van der Waals surface area (Å²) in [6, 6.07) is 6.49. The van der Waals surface area contributed by atoms with Crippen LogP contribution in [0.1, 0.15) is 40.0 Å². The Morgan fingerprint density at radius 3 is 2.45 bits per heavy atom. The van der Waals surface area contributed by atoms with Gasteiger partial charge in [-0.15, -0.1) is 0 Å². The molecule has 1 spiro atoms. The minimum Gasteiger partial charge on any atom is -0.415 e. The van der Waals surface area contributed by atoms with Gasteiger partial charge in [0, 0.05) is 16.8 Å². The summed E-state index contributed by atoms with van der Waals surface area (Å²) in [7, 11) is -5.74. The van der Waals surface area contributed by atoms with E-state index >= 15 is 0 Å². The van der Waals surface area contributed by atoms with Gasteiger partial charge in [0.2, 0.25) is 5.91 Å². The molecule has 2 aliphatic heterocycles. The molecule has 1 aromatic rings. The summed E-state index contributed by atoms with van der Waals surface area (Å²) in [5, 5.41) is 0.124. The van der Waals surface area contributed by atoms with Gasteiger partial charge in [-0.3, -0.25) is 8.98 Å². The van der Waals surface area contributed by atoms with Crippen molar-refractivity contribution in [3.05, 3.63) is 28.7 Å². The summed E-state index contributed by atoms with van der Waals surface area (Å²) in [6.07, 6.45) is 2.24. The standard InChI is InChI=1S/C22H32BrNO5SSi/c1-21(2,3)31(4,5)29-14-18-10-15-12-22(15)16(11-20(25)24(18)22)13-28-30(26,27)19-8-6-17(23)7-9-19/h6-9,15-16,18H,10-14H2,1-5H3/t15-,16-,18-,22+/m1/s1. The van der Waals surface area contributed by atoms with E-state index in [9.17, 15) is 13.2 Å². The highest BCUT2D eigenvalue weighted by Gasteiger charge is 2.73. The number of benzene rings is 1. The number of carbonyl (C=O) groups is 1. The minimum absolute atomic E-state index is 0.0486. The first-order valence-corrected chi connectivity index (χ1v) is 16.0. The first-order valence-electron chi connectivity index (χ1n) is 10.9. The Labute approximate surface area is 195 Å². The predicted octanol–water partition coefficient (Wildman–Crippen LogP) is 4.56. The van der Waals surface area contributed by atoms with Crippen molar-refractivity contribution in [2.24, 2.45) is 11.8 Å². The van der Waals surface area contributed by atoms with E-state index in [1.54, 1.807) is 12.1 Å². The highest BCUT2D eigenvalue weighted by molar-refractivity contribution is 9.10. The monoisotopic (exact) mass is 529 g/mol. The van der Waals surface area contributed by atoms with Gasteiger partial charge in [-0.25, -0.2) is 0 Å². The second kappa shape index (κ2) is 7.65. The van der Waals surface area contributed by atoms with E-state index in [-0.39, 0.29) is 39.9 Å². The largest absolute Gasteiger partial charge is 0.415 e. The van der Waals surface area contributed by atoms with Crippen LogP contribution in [0.5, 0.6) is 0 Å². The lowest BCUT2D eigenvalue weighted by molar-refractivity contribution is -0.131. The molecule has 6 nitrogen and oxygen atoms in total. The maximum atomic E-state index is 12.9. The smallest absolute Gasteiger partial charge is 0.296 e. The molecule has 9 heteroatoms. The first-order chi connectivity index (χ1) is 14.3. The molecule has 1 aromatic carbocycles. The molecule has 4 rings (SSSR count). The van der Waals surface area contributed by atoms with Crippen molar-refractivity contribution in [3.63, 3.8) is 0 Å². The normalized spacial score (nSPS) is 30.5. The van der Waals surface area contributed by atoms with Crippen LogP contribution in [0, 0.1) is 11.8 Å². The molecular formula is C22H32BrNO5SSi. The van der Waals surface area contributed by atoms with Crippen LogP contribution in [-0.4, -0.2) is 52.3 Å². The predicted molar refractivity (Wildman–Crippen MR) is 125 cm³/mol. The number of halogens is 1. The summed E-state index contributed by atoms with van der Waals surface area (Å²) >= 11 is 3.31. The number of hydrogen-bond donors (Lipinski definition) is 0. The van der Waals surface area contributed by atoms with Crippen LogP contribution < -0.4 is 0 Å². The van der Waals surface area contributed by atoms with Gasteiger partial charge in [-0.05, 0) is 61.2 Å². The number of nitrogens with zero attached hydrogens (tertiary/aromatic N) is 1. The van der Waals surface area contributed by atoms with Crippen LogP contribution >= 0.6 is 15.9 Å². The van der Waals surface area contributed by atoms with Crippen molar-refractivity contribution in [1.29, 1.82) is 0 Å². The topological polar surface area (TPSA) is 72.9 Å². The van der Waals surface area contributed by atoms with E-state index in [0.29, 0.717) is 18.9 Å². The van der Waals surface area contributed by atoms with Crippen molar-refractivity contribution in [2.75, 3.05) is 13.2 Å². The maximum Gasteiger partial charge on any atom is 0.296 e. The van der Waals surface area contributed by atoms with Crippen molar-refractivity contribution < 1.29 is 21.8 Å². The molecule has 3 aliphatic rings. The molecule has 0 radical (unpaired) electrons. The van der Waals surface area contributed by atoms with Gasteiger partial charge in [-0.1, -0.05) is 36.7 Å². The zero-order chi connectivity index (χ0) is 22.8. The second-order valence-corrected chi connectivity index (χ2v) is 18.1. The Bertz CT molecular complexity index is 975. The number of piperidine rings is 1. The van der Waals surface area contributed by atoms with Gasteiger partial charge < -0.3 is 9.33 Å². The molecule has 172 valence electrons. The molecule has 1 amide bonds. The van der Waals surface area contributed by atoms with E-state index in [0.717, 1.165) is 17.3 Å². The molecule has 2 heterocycles. The number of amides is 1. The van der Waals surface area contributed by atoms with E-state index in [1.165, 1.54) is 12.1 Å². The van der Waals surface area contributed by atoms with Crippen molar-refractivity contribution in [1.82, 2.24) is 4.90 Å². The van der Waals surface area contributed by atoms with E-state index in [4.69, 9.17) is 8.61 Å². The van der Waals surface area contributed by atoms with Crippen LogP contribution in [0.15, 0.2) is 33.6 Å². The summed E-state index contributed by atoms with van der Waals surface area (Å²) in [5.74, 6) is 0.447. The molecule has 0 N–H and O–H groups in total. The highest BCUT2D eigenvalue weighted by Crippen LogP contribution is 2.66. The Kier molecular flexibility index (Phi) is 5.78. The zero-order valence-corrected chi connectivity index (χ0v) is 22.3. The second-order valence-electron chi connectivity index (χ2n) is 10.7. The van der Waals surface area contributed by atoms with Crippen molar-refractivity contribution >= 4 is 40.3 Å². The molecule has 0 aromatic heterocycles. The van der Waals surface area contributed by atoms with E-state index in [2.05, 4.69) is 49.8 Å². The lowest BCUT2D eigenvalue weighted by atomic mass is 9.98. The van der Waals surface area contributed by atoms with Crippen molar-refractivity contribution in [2.45, 2.75) is 74.6 Å². The summed E-state index contributed by atoms with van der Waals surface area (Å²) in [6.45, 7) is 11.7. The lowest BCUT2D eigenvalue weighted by Gasteiger charge is -2.38. The Balaban J connectivity index is 1.42. The SMILES string of the molecule is CC(C)(C)[Si](C)(C)OC[C@H]1C[C@@H]2C[C@@]23[C@@H](COS(=O)(=O)c2ccc(Br)cc2)CC(=O)N13. The molecule has 1 aliphatic carbocycles. The molecule has 0 unspecified atom stereocenters. The third kappa shape index (κ3) is 4.05. The van der Waals surface area contributed by atoms with Crippen molar-refractivity contribution in [3.8, 4) is 0 Å². The fourth-order valence-electron chi connectivity index (χ4n) is 5.02. The van der Waals surface area contributed by atoms with Crippen LogP contribution in [0.3, 0.4) is 0 Å². The highest BCUT2D eigenvalue weighted by atomic mass is 79.9. The molecule has 31 heavy (non-hydrogen) atoms. The van der Waals surface area contributed by atoms with E-state index < -0.39 is 18.4 Å². The Hall–Kier alpha value is -0.743. The zero-order valence-electron chi connectivity index (χ0n) is 18.9. The third-order valence-corrected chi connectivity index (χ3v) is 14.2. The average molecular weight is 531 g/mol. The minimum atomic E-state index is -3.85. The van der Waals surface area contributed by atoms with Gasteiger partial charge >= 0.3 is 0 Å². The quantitative estimate of drug-likeness (QED) is 0.382.